The molecule has 0 aliphatic heterocycles. The highest BCUT2D eigenvalue weighted by atomic mass is 35.5. The zero-order valence-corrected chi connectivity index (χ0v) is 15.4. The van der Waals surface area contributed by atoms with Gasteiger partial charge in [0.2, 0.25) is 0 Å². The van der Waals surface area contributed by atoms with Gasteiger partial charge in [-0.1, -0.05) is 73.7 Å². The first-order chi connectivity index (χ1) is 8.24. The minimum atomic E-state index is -1.22. The third-order valence-electron chi connectivity index (χ3n) is 3.17. The molecule has 0 fully saturated rings. The zero-order valence-electron chi connectivity index (χ0n) is 12.6. The maximum absolute atomic E-state index is 6.22. The van der Waals surface area contributed by atoms with Crippen molar-refractivity contribution < 1.29 is 0 Å². The summed E-state index contributed by atoms with van der Waals surface area (Å²) in [5.41, 5.74) is 2.23. The van der Waals surface area contributed by atoms with Crippen LogP contribution in [-0.4, -0.2) is 22.4 Å². The van der Waals surface area contributed by atoms with E-state index < -0.39 is 16.9 Å². The summed E-state index contributed by atoms with van der Waals surface area (Å²) in [6, 6.07) is 8.47. The van der Waals surface area contributed by atoms with E-state index in [1.54, 1.807) is 10.4 Å². The van der Waals surface area contributed by atoms with Gasteiger partial charge in [0.1, 0.15) is 8.80 Å². The average molecular weight is 298 g/mol. The predicted molar refractivity (Wildman–Crippen MR) is 89.9 cm³/mol. The molecule has 0 heterocycles. The number of halogens is 1. The van der Waals surface area contributed by atoms with Gasteiger partial charge in [-0.05, 0) is 12.8 Å². The van der Waals surface area contributed by atoms with E-state index in [1.165, 1.54) is 11.6 Å². The molecule has 1 rings (SSSR count). The molecule has 0 bridgehead atoms. The first-order valence-electron chi connectivity index (χ1n) is 6.77. The average Bonchev–Trinajstić information content (AvgIpc) is 2.23. The van der Waals surface area contributed by atoms with Crippen LogP contribution in [0.15, 0.2) is 18.2 Å². The molecule has 0 spiro atoms. The van der Waals surface area contributed by atoms with E-state index in [9.17, 15) is 0 Å². The van der Waals surface area contributed by atoms with Gasteiger partial charge in [0.15, 0.2) is 0 Å². The minimum absolute atomic E-state index is 0.577. The quantitative estimate of drug-likeness (QED) is 0.574. The Kier molecular flexibility index (Phi) is 5.69. The number of alkyl halides is 1. The maximum atomic E-state index is 6.22. The van der Waals surface area contributed by atoms with E-state index in [1.807, 2.05) is 0 Å². The molecular weight excluding hydrogens is 272 g/mol. The third kappa shape index (κ3) is 4.56. The molecule has 0 nitrogen and oxygen atoms in total. The highest BCUT2D eigenvalue weighted by Gasteiger charge is 2.21. The molecule has 0 aliphatic carbocycles. The van der Waals surface area contributed by atoms with Gasteiger partial charge in [0, 0.05) is 5.50 Å². The predicted octanol–water partition coefficient (Wildman–Crippen LogP) is 3.68. The normalized spacial score (nSPS) is 12.5. The standard InChI is InChI=1S/C15H26ClSi2/c1-12(2)10-17(11-16)14-7-13(3)8-15(9-14)18(4,5)6/h7-9,12H,10-11H2,1-6H3. The molecule has 18 heavy (non-hydrogen) atoms. The first-order valence-corrected chi connectivity index (χ1v) is 12.7. The van der Waals surface area contributed by atoms with E-state index >= 15 is 0 Å². The summed E-state index contributed by atoms with van der Waals surface area (Å²) in [5, 5.41) is 3.12. The SMILES string of the molecule is Cc1cc([Si](CCl)CC(C)C)cc([Si](C)(C)C)c1. The van der Waals surface area contributed by atoms with Gasteiger partial charge in [0.25, 0.3) is 0 Å². The van der Waals surface area contributed by atoms with Crippen LogP contribution < -0.4 is 10.4 Å². The topological polar surface area (TPSA) is 0 Å². The lowest BCUT2D eigenvalue weighted by molar-refractivity contribution is 0.728. The molecule has 0 amide bonds. The molecule has 0 unspecified atom stereocenters. The number of benzene rings is 1. The fourth-order valence-corrected chi connectivity index (χ4v) is 6.62. The Morgan fingerprint density at radius 2 is 1.78 bits per heavy atom. The van der Waals surface area contributed by atoms with Gasteiger partial charge in [-0.25, -0.2) is 0 Å². The van der Waals surface area contributed by atoms with E-state index in [4.69, 9.17) is 11.6 Å². The van der Waals surface area contributed by atoms with Gasteiger partial charge < -0.3 is 0 Å². The van der Waals surface area contributed by atoms with Crippen molar-refractivity contribution in [2.45, 2.75) is 46.5 Å². The second-order valence-corrected chi connectivity index (χ2v) is 15.0. The Hall–Kier alpha value is -0.0562. The Bertz CT molecular complexity index is 394. The van der Waals surface area contributed by atoms with E-state index in [-0.39, 0.29) is 0 Å². The molecule has 101 valence electrons. The molecule has 0 saturated heterocycles. The fraction of sp³-hybridized carbons (Fsp3) is 0.600. The maximum Gasteiger partial charge on any atom is 0.102 e. The number of rotatable bonds is 5. The molecule has 0 aliphatic rings. The van der Waals surface area contributed by atoms with E-state index in [0.29, 0.717) is 0 Å². The van der Waals surface area contributed by atoms with Gasteiger partial charge >= 0.3 is 0 Å². The smallest absolute Gasteiger partial charge is 0.102 e. The van der Waals surface area contributed by atoms with Gasteiger partial charge in [-0.3, -0.25) is 0 Å². The van der Waals surface area contributed by atoms with Crippen molar-refractivity contribution in [2.24, 2.45) is 5.92 Å². The first kappa shape index (κ1) is 16.0. The van der Waals surface area contributed by atoms with Crippen molar-refractivity contribution in [1.29, 1.82) is 0 Å². The van der Waals surface area contributed by atoms with Crippen molar-refractivity contribution >= 4 is 38.8 Å². The number of aryl methyl sites for hydroxylation is 1. The fourth-order valence-electron chi connectivity index (χ4n) is 2.16. The summed E-state index contributed by atoms with van der Waals surface area (Å²) in [5.74, 6) is 0.744. The lowest BCUT2D eigenvalue weighted by Crippen LogP contribution is -2.43. The van der Waals surface area contributed by atoms with Crippen LogP contribution in [0.4, 0.5) is 0 Å². The van der Waals surface area contributed by atoms with Gasteiger partial charge in [-0.2, -0.15) is 0 Å². The van der Waals surface area contributed by atoms with Crippen molar-refractivity contribution in [3.8, 4) is 0 Å². The Morgan fingerprint density at radius 1 is 1.17 bits per heavy atom. The summed E-state index contributed by atoms with van der Waals surface area (Å²) < 4.78 is 0. The molecule has 0 N–H and O–H groups in total. The molecule has 1 radical (unpaired) electrons. The number of hydrogen-bond donors (Lipinski definition) is 0. The molecule has 1 aromatic carbocycles. The van der Waals surface area contributed by atoms with Crippen molar-refractivity contribution in [1.82, 2.24) is 0 Å². The summed E-state index contributed by atoms with van der Waals surface area (Å²) in [6.45, 7) is 14.1. The molecule has 1 aromatic rings. The monoisotopic (exact) mass is 297 g/mol. The van der Waals surface area contributed by atoms with Crippen LogP contribution in [0.2, 0.25) is 25.7 Å². The number of hydrogen-bond acceptors (Lipinski definition) is 0. The van der Waals surface area contributed by atoms with Crippen LogP contribution in [0.3, 0.4) is 0 Å². The highest BCUT2D eigenvalue weighted by molar-refractivity contribution is 6.89. The van der Waals surface area contributed by atoms with E-state index in [2.05, 4.69) is 58.6 Å². The van der Waals surface area contributed by atoms with Crippen molar-refractivity contribution in [2.75, 3.05) is 5.50 Å². The highest BCUT2D eigenvalue weighted by Crippen LogP contribution is 2.10. The zero-order chi connectivity index (χ0) is 13.9. The van der Waals surface area contributed by atoms with Crippen LogP contribution >= 0.6 is 11.6 Å². The Morgan fingerprint density at radius 3 is 2.22 bits per heavy atom. The van der Waals surface area contributed by atoms with Crippen LogP contribution in [0.25, 0.3) is 0 Å². The van der Waals surface area contributed by atoms with Crippen LogP contribution in [-0.2, 0) is 0 Å². The van der Waals surface area contributed by atoms with Crippen LogP contribution in [0.1, 0.15) is 19.4 Å². The van der Waals surface area contributed by atoms with Crippen LogP contribution in [0.5, 0.6) is 0 Å². The lowest BCUT2D eigenvalue weighted by atomic mass is 10.2. The van der Waals surface area contributed by atoms with E-state index in [0.717, 1.165) is 11.4 Å². The summed E-state index contributed by atoms with van der Waals surface area (Å²) in [7, 11) is -1.80. The summed E-state index contributed by atoms with van der Waals surface area (Å²) >= 11 is 6.22. The molecular formula is C15H26ClSi2. The van der Waals surface area contributed by atoms with Gasteiger partial charge in [0.05, 0.1) is 8.07 Å². The second-order valence-electron chi connectivity index (χ2n) is 6.67. The molecule has 3 heteroatoms. The molecule has 0 atom stereocenters. The van der Waals surface area contributed by atoms with Crippen molar-refractivity contribution in [3.05, 3.63) is 23.8 Å². The van der Waals surface area contributed by atoms with Crippen LogP contribution in [0, 0.1) is 12.8 Å². The Balaban J connectivity index is 3.11. The summed E-state index contributed by atoms with van der Waals surface area (Å²) in [4.78, 5) is 0. The van der Waals surface area contributed by atoms with Crippen molar-refractivity contribution in [3.63, 3.8) is 0 Å². The minimum Gasteiger partial charge on any atom is -0.130 e. The largest absolute Gasteiger partial charge is 0.130 e. The second kappa shape index (κ2) is 6.40. The Labute approximate surface area is 120 Å². The molecule has 0 aromatic heterocycles. The summed E-state index contributed by atoms with van der Waals surface area (Å²) in [6.07, 6.45) is 0. The molecule has 0 saturated carbocycles. The third-order valence-corrected chi connectivity index (χ3v) is 8.89. The van der Waals surface area contributed by atoms with Gasteiger partial charge in [-0.15, -0.1) is 11.6 Å². The lowest BCUT2D eigenvalue weighted by Gasteiger charge is -2.22.